The van der Waals surface area contributed by atoms with Crippen LogP contribution in [0.15, 0.2) is 5.38 Å². The van der Waals surface area contributed by atoms with Crippen molar-refractivity contribution in [2.75, 3.05) is 5.73 Å². The molecule has 1 unspecified atom stereocenters. The summed E-state index contributed by atoms with van der Waals surface area (Å²) in [5, 5.41) is 11.4. The van der Waals surface area contributed by atoms with Gasteiger partial charge >= 0.3 is 0 Å². The summed E-state index contributed by atoms with van der Waals surface area (Å²) in [6.07, 6.45) is 1.05. The molecule has 0 spiro atoms. The van der Waals surface area contributed by atoms with E-state index in [0.29, 0.717) is 16.5 Å². The van der Waals surface area contributed by atoms with Crippen LogP contribution in [0, 0.1) is 11.3 Å². The Labute approximate surface area is 76.6 Å². The summed E-state index contributed by atoms with van der Waals surface area (Å²) in [4.78, 5) is 0. The Bertz CT molecular complexity index is 309. The van der Waals surface area contributed by atoms with E-state index in [9.17, 15) is 0 Å². The highest BCUT2D eigenvalue weighted by molar-refractivity contribution is 7.14. The van der Waals surface area contributed by atoms with Gasteiger partial charge in [-0.25, -0.2) is 0 Å². The van der Waals surface area contributed by atoms with Gasteiger partial charge < -0.3 is 5.73 Å². The molecular formula is C9H12N2S. The number of thiophene rings is 1. The van der Waals surface area contributed by atoms with Crippen molar-refractivity contribution in [3.8, 4) is 6.07 Å². The zero-order valence-electron chi connectivity index (χ0n) is 7.29. The van der Waals surface area contributed by atoms with E-state index in [4.69, 9.17) is 11.0 Å². The van der Waals surface area contributed by atoms with Gasteiger partial charge in [0.05, 0.1) is 5.56 Å². The number of nitrogen functional groups attached to an aromatic ring is 1. The molecule has 0 radical (unpaired) electrons. The summed E-state index contributed by atoms with van der Waals surface area (Å²) < 4.78 is 0. The van der Waals surface area contributed by atoms with E-state index in [2.05, 4.69) is 19.9 Å². The van der Waals surface area contributed by atoms with E-state index in [-0.39, 0.29) is 0 Å². The first-order valence-electron chi connectivity index (χ1n) is 3.97. The molecule has 0 aliphatic rings. The minimum atomic E-state index is 0.438. The van der Waals surface area contributed by atoms with Gasteiger partial charge in [0.1, 0.15) is 11.1 Å². The molecule has 2 N–H and O–H groups in total. The van der Waals surface area contributed by atoms with Crippen molar-refractivity contribution in [1.82, 2.24) is 0 Å². The van der Waals surface area contributed by atoms with Gasteiger partial charge in [0.25, 0.3) is 0 Å². The number of nitrogens with zero attached hydrogens (tertiary/aromatic N) is 1. The average Bonchev–Trinajstić information content (AvgIpc) is 2.45. The number of hydrogen-bond acceptors (Lipinski definition) is 3. The summed E-state index contributed by atoms with van der Waals surface area (Å²) in [6.45, 7) is 4.22. The summed E-state index contributed by atoms with van der Waals surface area (Å²) in [5.41, 5.74) is 7.42. The van der Waals surface area contributed by atoms with Crippen LogP contribution >= 0.6 is 11.3 Å². The van der Waals surface area contributed by atoms with E-state index >= 15 is 0 Å². The number of nitriles is 1. The Morgan fingerprint density at radius 1 is 1.75 bits per heavy atom. The van der Waals surface area contributed by atoms with Crippen LogP contribution in [-0.4, -0.2) is 0 Å². The molecule has 0 aliphatic heterocycles. The van der Waals surface area contributed by atoms with Crippen molar-refractivity contribution >= 4 is 16.3 Å². The van der Waals surface area contributed by atoms with Gasteiger partial charge in [-0.1, -0.05) is 13.8 Å². The molecule has 0 saturated carbocycles. The lowest BCUT2D eigenvalue weighted by molar-refractivity contribution is 0.735. The van der Waals surface area contributed by atoms with Crippen LogP contribution in [0.2, 0.25) is 0 Å². The van der Waals surface area contributed by atoms with Crippen molar-refractivity contribution < 1.29 is 0 Å². The third-order valence-corrected chi connectivity index (χ3v) is 2.93. The van der Waals surface area contributed by atoms with Crippen LogP contribution in [0.25, 0.3) is 0 Å². The maximum absolute atomic E-state index is 8.81. The van der Waals surface area contributed by atoms with Crippen molar-refractivity contribution in [1.29, 1.82) is 5.26 Å². The summed E-state index contributed by atoms with van der Waals surface area (Å²) in [5.74, 6) is 0.438. The van der Waals surface area contributed by atoms with Gasteiger partial charge in [-0.3, -0.25) is 0 Å². The van der Waals surface area contributed by atoms with Gasteiger partial charge in [0.15, 0.2) is 0 Å². The molecule has 0 aromatic carbocycles. The number of hydrogen-bond donors (Lipinski definition) is 1. The Balaban J connectivity index is 3.09. The molecule has 1 heterocycles. The molecule has 3 heteroatoms. The normalized spacial score (nSPS) is 12.4. The lowest BCUT2D eigenvalue weighted by Gasteiger charge is -2.05. The van der Waals surface area contributed by atoms with Gasteiger partial charge in [0, 0.05) is 0 Å². The molecule has 2 nitrogen and oxygen atoms in total. The van der Waals surface area contributed by atoms with Crippen molar-refractivity contribution in [2.24, 2.45) is 0 Å². The highest BCUT2D eigenvalue weighted by Crippen LogP contribution is 2.31. The molecule has 1 atom stereocenters. The molecule has 0 saturated heterocycles. The molecule has 0 fully saturated rings. The smallest absolute Gasteiger partial charge is 0.104 e. The highest BCUT2D eigenvalue weighted by atomic mass is 32.1. The van der Waals surface area contributed by atoms with Crippen LogP contribution < -0.4 is 5.73 Å². The molecule has 64 valence electrons. The van der Waals surface area contributed by atoms with E-state index < -0.39 is 0 Å². The van der Waals surface area contributed by atoms with Crippen LogP contribution in [0.3, 0.4) is 0 Å². The largest absolute Gasteiger partial charge is 0.389 e. The minimum Gasteiger partial charge on any atom is -0.389 e. The second-order valence-corrected chi connectivity index (χ2v) is 3.76. The Morgan fingerprint density at radius 3 is 2.92 bits per heavy atom. The number of rotatable bonds is 2. The molecule has 0 bridgehead atoms. The zero-order chi connectivity index (χ0) is 9.14. The lowest BCUT2D eigenvalue weighted by atomic mass is 9.98. The molecule has 0 amide bonds. The van der Waals surface area contributed by atoms with Gasteiger partial charge in [0.2, 0.25) is 0 Å². The SMILES string of the molecule is CCC(C)c1csc(N)c1C#N. The van der Waals surface area contributed by atoms with Crippen LogP contribution in [0.5, 0.6) is 0 Å². The molecule has 1 aromatic heterocycles. The maximum Gasteiger partial charge on any atom is 0.104 e. The van der Waals surface area contributed by atoms with Crippen molar-refractivity contribution in [2.45, 2.75) is 26.2 Å². The monoisotopic (exact) mass is 180 g/mol. The van der Waals surface area contributed by atoms with E-state index in [1.54, 1.807) is 0 Å². The predicted molar refractivity (Wildman–Crippen MR) is 52.2 cm³/mol. The Morgan fingerprint density at radius 2 is 2.42 bits per heavy atom. The molecular weight excluding hydrogens is 168 g/mol. The first-order valence-corrected chi connectivity index (χ1v) is 4.85. The summed E-state index contributed by atoms with van der Waals surface area (Å²) in [6, 6.07) is 2.14. The predicted octanol–water partition coefficient (Wildman–Crippen LogP) is 2.72. The lowest BCUT2D eigenvalue weighted by Crippen LogP contribution is -1.93. The molecule has 12 heavy (non-hydrogen) atoms. The first-order chi connectivity index (χ1) is 5.70. The Hall–Kier alpha value is -1.01. The summed E-state index contributed by atoms with van der Waals surface area (Å²) >= 11 is 1.45. The average molecular weight is 180 g/mol. The van der Waals surface area contributed by atoms with Crippen LogP contribution in [-0.2, 0) is 0 Å². The fraction of sp³-hybridized carbons (Fsp3) is 0.444. The molecule has 1 aromatic rings. The fourth-order valence-electron chi connectivity index (χ4n) is 1.09. The van der Waals surface area contributed by atoms with E-state index in [1.165, 1.54) is 11.3 Å². The van der Waals surface area contributed by atoms with Gasteiger partial charge in [-0.2, -0.15) is 5.26 Å². The van der Waals surface area contributed by atoms with Crippen molar-refractivity contribution in [3.63, 3.8) is 0 Å². The quantitative estimate of drug-likeness (QED) is 0.760. The number of anilines is 1. The third-order valence-electron chi connectivity index (χ3n) is 2.10. The first kappa shape index (κ1) is 9.08. The van der Waals surface area contributed by atoms with Crippen LogP contribution in [0.1, 0.15) is 37.3 Å². The second-order valence-electron chi connectivity index (χ2n) is 2.85. The van der Waals surface area contributed by atoms with Crippen LogP contribution in [0.4, 0.5) is 5.00 Å². The molecule has 1 rings (SSSR count). The van der Waals surface area contributed by atoms with E-state index in [0.717, 1.165) is 12.0 Å². The maximum atomic E-state index is 8.81. The molecule has 0 aliphatic carbocycles. The highest BCUT2D eigenvalue weighted by Gasteiger charge is 2.13. The number of nitrogens with two attached hydrogens (primary N) is 1. The third kappa shape index (κ3) is 1.44. The minimum absolute atomic E-state index is 0.438. The van der Waals surface area contributed by atoms with E-state index in [1.807, 2.05) is 5.38 Å². The zero-order valence-corrected chi connectivity index (χ0v) is 8.11. The van der Waals surface area contributed by atoms with Gasteiger partial charge in [-0.15, -0.1) is 11.3 Å². The fourth-order valence-corrected chi connectivity index (χ4v) is 1.97. The topological polar surface area (TPSA) is 49.8 Å². The van der Waals surface area contributed by atoms with Gasteiger partial charge in [-0.05, 0) is 23.3 Å². The second kappa shape index (κ2) is 3.59. The van der Waals surface area contributed by atoms with Crippen molar-refractivity contribution in [3.05, 3.63) is 16.5 Å². The standard InChI is InChI=1S/C9H12N2S/c1-3-6(2)8-5-12-9(11)7(8)4-10/h5-6H,3,11H2,1-2H3. The summed E-state index contributed by atoms with van der Waals surface area (Å²) in [7, 11) is 0. The Kier molecular flexibility index (Phi) is 2.72.